The number of carbonyl (C=O) groups excluding carboxylic acids is 1. The third kappa shape index (κ3) is 5.38. The van der Waals surface area contributed by atoms with Gasteiger partial charge in [0.15, 0.2) is 0 Å². The first-order valence-electron chi connectivity index (χ1n) is 7.52. The van der Waals surface area contributed by atoms with Gasteiger partial charge in [-0.05, 0) is 29.7 Å². The van der Waals surface area contributed by atoms with Crippen molar-refractivity contribution in [3.63, 3.8) is 0 Å². The summed E-state index contributed by atoms with van der Waals surface area (Å²) < 4.78 is 37.4. The van der Waals surface area contributed by atoms with Crippen LogP contribution in [0.15, 0.2) is 54.6 Å². The van der Waals surface area contributed by atoms with Crippen LogP contribution >= 0.6 is 0 Å². The highest BCUT2D eigenvalue weighted by Crippen LogP contribution is 2.29. The quantitative estimate of drug-likeness (QED) is 0.848. The number of hydrogen-bond donors (Lipinski definition) is 2. The van der Waals surface area contributed by atoms with Crippen LogP contribution in [0.2, 0.25) is 0 Å². The van der Waals surface area contributed by atoms with E-state index in [-0.39, 0.29) is 18.9 Å². The van der Waals surface area contributed by atoms with Gasteiger partial charge in [-0.2, -0.15) is 13.2 Å². The molecule has 0 fully saturated rings. The molecule has 0 aliphatic heterocycles. The number of nitrogens with one attached hydrogen (secondary N) is 1. The maximum atomic E-state index is 12.5. The SMILES string of the molecule is O=C(Cc1ccc(C(F)(F)F)cc1)NCCC(O)c1ccccc1. The van der Waals surface area contributed by atoms with E-state index in [4.69, 9.17) is 0 Å². The van der Waals surface area contributed by atoms with E-state index in [9.17, 15) is 23.1 Å². The van der Waals surface area contributed by atoms with Crippen LogP contribution in [0.3, 0.4) is 0 Å². The van der Waals surface area contributed by atoms with Crippen molar-refractivity contribution in [1.29, 1.82) is 0 Å². The molecule has 3 nitrogen and oxygen atoms in total. The largest absolute Gasteiger partial charge is 0.416 e. The van der Waals surface area contributed by atoms with E-state index in [1.165, 1.54) is 12.1 Å². The van der Waals surface area contributed by atoms with E-state index >= 15 is 0 Å². The van der Waals surface area contributed by atoms with Crippen LogP contribution in [0.25, 0.3) is 0 Å². The maximum Gasteiger partial charge on any atom is 0.416 e. The topological polar surface area (TPSA) is 49.3 Å². The number of hydrogen-bond acceptors (Lipinski definition) is 2. The number of alkyl halides is 3. The van der Waals surface area contributed by atoms with Crippen LogP contribution < -0.4 is 5.32 Å². The second-order valence-corrected chi connectivity index (χ2v) is 5.44. The summed E-state index contributed by atoms with van der Waals surface area (Å²) in [6.07, 6.45) is -4.69. The number of halogens is 3. The van der Waals surface area contributed by atoms with E-state index in [2.05, 4.69) is 5.32 Å². The highest BCUT2D eigenvalue weighted by atomic mass is 19.4. The fourth-order valence-corrected chi connectivity index (χ4v) is 2.25. The Morgan fingerprint density at radius 3 is 2.25 bits per heavy atom. The summed E-state index contributed by atoms with van der Waals surface area (Å²) in [6.45, 7) is 0.287. The molecule has 1 amide bonds. The summed E-state index contributed by atoms with van der Waals surface area (Å²) >= 11 is 0. The molecule has 1 unspecified atom stereocenters. The molecule has 0 bridgehead atoms. The molecule has 24 heavy (non-hydrogen) atoms. The molecule has 2 aromatic rings. The molecule has 2 rings (SSSR count). The molecule has 6 heteroatoms. The zero-order valence-corrected chi connectivity index (χ0v) is 12.9. The Morgan fingerprint density at radius 2 is 1.67 bits per heavy atom. The Kier molecular flexibility index (Phi) is 5.98. The lowest BCUT2D eigenvalue weighted by Gasteiger charge is -2.12. The number of aliphatic hydroxyl groups excluding tert-OH is 1. The molecule has 128 valence electrons. The van der Waals surface area contributed by atoms with Crippen LogP contribution in [0.5, 0.6) is 0 Å². The Bertz CT molecular complexity index is 654. The molecule has 0 aliphatic carbocycles. The maximum absolute atomic E-state index is 12.5. The molecule has 0 spiro atoms. The van der Waals surface area contributed by atoms with Crippen molar-refractivity contribution in [3.8, 4) is 0 Å². The first-order chi connectivity index (χ1) is 11.4. The van der Waals surface area contributed by atoms with Crippen molar-refractivity contribution in [2.24, 2.45) is 0 Å². The molecule has 0 saturated carbocycles. The zero-order chi connectivity index (χ0) is 17.6. The predicted molar refractivity (Wildman–Crippen MR) is 84.2 cm³/mol. The van der Waals surface area contributed by atoms with E-state index in [0.29, 0.717) is 12.0 Å². The van der Waals surface area contributed by atoms with Crippen LogP contribution in [0.4, 0.5) is 13.2 Å². The lowest BCUT2D eigenvalue weighted by Crippen LogP contribution is -2.27. The first kappa shape index (κ1) is 18.0. The van der Waals surface area contributed by atoms with Crippen LogP contribution in [0.1, 0.15) is 29.2 Å². The highest BCUT2D eigenvalue weighted by Gasteiger charge is 2.29. The van der Waals surface area contributed by atoms with Gasteiger partial charge < -0.3 is 10.4 Å². The molecule has 0 aliphatic rings. The number of benzene rings is 2. The van der Waals surface area contributed by atoms with Crippen molar-refractivity contribution < 1.29 is 23.1 Å². The lowest BCUT2D eigenvalue weighted by atomic mass is 10.1. The van der Waals surface area contributed by atoms with Crippen molar-refractivity contribution in [1.82, 2.24) is 5.32 Å². The van der Waals surface area contributed by atoms with Crippen molar-refractivity contribution >= 4 is 5.91 Å². The van der Waals surface area contributed by atoms with Gasteiger partial charge in [0.1, 0.15) is 0 Å². The van der Waals surface area contributed by atoms with E-state index < -0.39 is 17.8 Å². The van der Waals surface area contributed by atoms with Gasteiger partial charge >= 0.3 is 6.18 Å². The van der Waals surface area contributed by atoms with Gasteiger partial charge in [0.05, 0.1) is 18.1 Å². The summed E-state index contributed by atoms with van der Waals surface area (Å²) in [7, 11) is 0. The second-order valence-electron chi connectivity index (χ2n) is 5.44. The Hall–Kier alpha value is -2.34. The van der Waals surface area contributed by atoms with Gasteiger partial charge in [-0.3, -0.25) is 4.79 Å². The second kappa shape index (κ2) is 7.97. The van der Waals surface area contributed by atoms with Gasteiger partial charge in [-0.25, -0.2) is 0 Å². The van der Waals surface area contributed by atoms with E-state index in [0.717, 1.165) is 17.7 Å². The molecular weight excluding hydrogens is 319 g/mol. The van der Waals surface area contributed by atoms with E-state index in [1.54, 1.807) is 12.1 Å². The highest BCUT2D eigenvalue weighted by molar-refractivity contribution is 5.78. The normalized spacial score (nSPS) is 12.7. The third-order valence-corrected chi connectivity index (χ3v) is 3.57. The van der Waals surface area contributed by atoms with Crippen molar-refractivity contribution in [2.75, 3.05) is 6.54 Å². The Labute approximate surface area is 138 Å². The molecule has 0 aromatic heterocycles. The smallest absolute Gasteiger partial charge is 0.388 e. The monoisotopic (exact) mass is 337 g/mol. The first-order valence-corrected chi connectivity index (χ1v) is 7.52. The van der Waals surface area contributed by atoms with Crippen molar-refractivity contribution in [2.45, 2.75) is 25.1 Å². The summed E-state index contributed by atoms with van der Waals surface area (Å²) in [4.78, 5) is 11.8. The minimum absolute atomic E-state index is 0.000427. The minimum Gasteiger partial charge on any atom is -0.388 e. The fourth-order valence-electron chi connectivity index (χ4n) is 2.25. The molecule has 1 atom stereocenters. The lowest BCUT2D eigenvalue weighted by molar-refractivity contribution is -0.137. The Balaban J connectivity index is 1.77. The van der Waals surface area contributed by atoms with Gasteiger partial charge in [-0.15, -0.1) is 0 Å². The van der Waals surface area contributed by atoms with Crippen molar-refractivity contribution in [3.05, 3.63) is 71.3 Å². The van der Waals surface area contributed by atoms with Crippen LogP contribution in [-0.2, 0) is 17.4 Å². The predicted octanol–water partition coefficient (Wildman–Crippen LogP) is 3.49. The molecule has 2 aromatic carbocycles. The zero-order valence-electron chi connectivity index (χ0n) is 12.9. The number of aliphatic hydroxyl groups is 1. The van der Waals surface area contributed by atoms with Gasteiger partial charge in [0.2, 0.25) is 5.91 Å². The molecule has 2 N–H and O–H groups in total. The number of amides is 1. The van der Waals surface area contributed by atoms with Gasteiger partial charge in [-0.1, -0.05) is 42.5 Å². The minimum atomic E-state index is -4.38. The Morgan fingerprint density at radius 1 is 1.04 bits per heavy atom. The third-order valence-electron chi connectivity index (χ3n) is 3.57. The van der Waals surface area contributed by atoms with Gasteiger partial charge in [0, 0.05) is 6.54 Å². The fraction of sp³-hybridized carbons (Fsp3) is 0.278. The molecule has 0 heterocycles. The van der Waals surface area contributed by atoms with Crippen LogP contribution in [0, 0.1) is 0 Å². The number of rotatable bonds is 6. The molecule has 0 radical (unpaired) electrons. The summed E-state index contributed by atoms with van der Waals surface area (Å²) in [6, 6.07) is 13.6. The summed E-state index contributed by atoms with van der Waals surface area (Å²) in [5.41, 5.74) is 0.538. The molecule has 0 saturated heterocycles. The van der Waals surface area contributed by atoms with Crippen LogP contribution in [-0.4, -0.2) is 17.6 Å². The average molecular weight is 337 g/mol. The summed E-state index contributed by atoms with van der Waals surface area (Å²) in [5, 5.41) is 12.6. The molecular formula is C18H18F3NO2. The standard InChI is InChI=1S/C18H18F3NO2/c19-18(20,21)15-8-6-13(7-9-15)12-17(24)22-11-10-16(23)14-4-2-1-3-5-14/h1-9,16,23H,10-12H2,(H,22,24). The number of carbonyl (C=O) groups is 1. The average Bonchev–Trinajstić information content (AvgIpc) is 2.55. The summed E-state index contributed by atoms with van der Waals surface area (Å²) in [5.74, 6) is -0.296. The van der Waals surface area contributed by atoms with E-state index in [1.807, 2.05) is 18.2 Å². The van der Waals surface area contributed by atoms with Gasteiger partial charge in [0.25, 0.3) is 0 Å².